The molecule has 0 unspecified atom stereocenters. The van der Waals surface area contributed by atoms with E-state index in [1.807, 2.05) is 55.5 Å². The van der Waals surface area contributed by atoms with Crippen LogP contribution < -0.4 is 15.6 Å². The van der Waals surface area contributed by atoms with Gasteiger partial charge in [-0.3, -0.25) is 10.9 Å². The van der Waals surface area contributed by atoms with Crippen LogP contribution in [0.15, 0.2) is 48.5 Å². The average Bonchev–Trinajstić information content (AvgIpc) is 2.59. The molecular formula is C17H16N4OS. The summed E-state index contributed by atoms with van der Waals surface area (Å²) >= 11 is 5.40. The number of methoxy groups -OCH3 is 1. The van der Waals surface area contributed by atoms with Crippen molar-refractivity contribution in [1.29, 1.82) is 0 Å². The summed E-state index contributed by atoms with van der Waals surface area (Å²) in [4.78, 5) is 9.42. The van der Waals surface area contributed by atoms with E-state index in [2.05, 4.69) is 20.8 Å². The van der Waals surface area contributed by atoms with E-state index >= 15 is 0 Å². The van der Waals surface area contributed by atoms with Crippen LogP contribution in [0.3, 0.4) is 0 Å². The van der Waals surface area contributed by atoms with E-state index in [9.17, 15) is 0 Å². The molecule has 3 aromatic rings. The number of hydrazine groups is 1. The van der Waals surface area contributed by atoms with E-state index in [-0.39, 0.29) is 0 Å². The van der Waals surface area contributed by atoms with Gasteiger partial charge in [-0.05, 0) is 43.3 Å². The van der Waals surface area contributed by atoms with Crippen molar-refractivity contribution < 1.29 is 4.74 Å². The van der Waals surface area contributed by atoms with Crippen LogP contribution in [0.2, 0.25) is 0 Å². The van der Waals surface area contributed by atoms with Gasteiger partial charge in [-0.1, -0.05) is 24.4 Å². The predicted molar refractivity (Wildman–Crippen MR) is 95.7 cm³/mol. The van der Waals surface area contributed by atoms with Gasteiger partial charge in [0, 0.05) is 10.9 Å². The van der Waals surface area contributed by atoms with Crippen molar-refractivity contribution >= 4 is 33.9 Å². The number of benzene rings is 2. The largest absolute Gasteiger partial charge is 0.497 e. The summed E-state index contributed by atoms with van der Waals surface area (Å²) in [5.74, 6) is 2.19. The lowest BCUT2D eigenvalue weighted by Crippen LogP contribution is -2.29. The first-order valence-electron chi connectivity index (χ1n) is 7.11. The molecule has 116 valence electrons. The zero-order valence-corrected chi connectivity index (χ0v) is 13.6. The number of anilines is 1. The molecule has 0 atom stereocenters. The Balaban J connectivity index is 1.78. The minimum atomic E-state index is 0.577. The second-order valence-electron chi connectivity index (χ2n) is 4.94. The Bertz CT molecular complexity index is 849. The van der Waals surface area contributed by atoms with Gasteiger partial charge in [-0.25, -0.2) is 9.97 Å². The van der Waals surface area contributed by atoms with Crippen molar-refractivity contribution in [2.45, 2.75) is 6.92 Å². The maximum Gasteiger partial charge on any atom is 0.156 e. The molecular weight excluding hydrogens is 308 g/mol. The second-order valence-corrected chi connectivity index (χ2v) is 5.35. The maximum absolute atomic E-state index is 5.40. The number of aryl methyl sites for hydroxylation is 1. The van der Waals surface area contributed by atoms with Crippen molar-refractivity contribution in [1.82, 2.24) is 15.4 Å². The van der Waals surface area contributed by atoms with E-state index in [0.29, 0.717) is 16.6 Å². The number of ether oxygens (including phenoxy) is 1. The van der Waals surface area contributed by atoms with Crippen molar-refractivity contribution in [3.05, 3.63) is 59.9 Å². The quantitative estimate of drug-likeness (QED) is 0.567. The zero-order chi connectivity index (χ0) is 16.2. The molecule has 0 spiro atoms. The van der Waals surface area contributed by atoms with Gasteiger partial charge < -0.3 is 4.74 Å². The molecule has 0 aliphatic rings. The first kappa shape index (κ1) is 15.2. The van der Waals surface area contributed by atoms with Crippen molar-refractivity contribution in [2.24, 2.45) is 0 Å². The second kappa shape index (κ2) is 6.58. The molecule has 0 aliphatic carbocycles. The van der Waals surface area contributed by atoms with Crippen molar-refractivity contribution in [2.75, 3.05) is 12.5 Å². The van der Waals surface area contributed by atoms with Crippen LogP contribution in [-0.2, 0) is 0 Å². The molecule has 0 saturated carbocycles. The third-order valence-corrected chi connectivity index (χ3v) is 3.70. The number of thiocarbonyl (C=S) groups is 1. The first-order valence-corrected chi connectivity index (χ1v) is 7.52. The van der Waals surface area contributed by atoms with Crippen LogP contribution in [0.5, 0.6) is 5.75 Å². The molecule has 1 heterocycles. The summed E-state index contributed by atoms with van der Waals surface area (Å²) in [5.41, 5.74) is 7.88. The Morgan fingerprint density at radius 1 is 1.04 bits per heavy atom. The third kappa shape index (κ3) is 3.37. The summed E-state index contributed by atoms with van der Waals surface area (Å²) in [5, 5.41) is 0.933. The fourth-order valence-electron chi connectivity index (χ4n) is 2.22. The lowest BCUT2D eigenvalue weighted by Gasteiger charge is -2.13. The topological polar surface area (TPSA) is 59.1 Å². The number of aromatic nitrogens is 2. The SMILES string of the molecule is COc1ccc(C(=S)NNc2nc(C)nc3ccccc23)cc1. The molecule has 0 bridgehead atoms. The van der Waals surface area contributed by atoms with Crippen LogP contribution in [0.4, 0.5) is 5.82 Å². The Hall–Kier alpha value is -2.73. The number of para-hydroxylation sites is 1. The van der Waals surface area contributed by atoms with Gasteiger partial charge in [0.15, 0.2) is 5.82 Å². The Kier molecular flexibility index (Phi) is 4.34. The van der Waals surface area contributed by atoms with Crippen LogP contribution in [-0.4, -0.2) is 22.1 Å². The Morgan fingerprint density at radius 2 is 1.78 bits per heavy atom. The maximum atomic E-state index is 5.40. The van der Waals surface area contributed by atoms with Gasteiger partial charge in [0.25, 0.3) is 0 Å². The molecule has 1 aromatic heterocycles. The number of hydrogen-bond donors (Lipinski definition) is 2. The fraction of sp³-hybridized carbons (Fsp3) is 0.118. The van der Waals surface area contributed by atoms with Gasteiger partial charge in [0.2, 0.25) is 0 Å². The van der Waals surface area contributed by atoms with E-state index in [4.69, 9.17) is 17.0 Å². The molecule has 2 aromatic carbocycles. The highest BCUT2D eigenvalue weighted by atomic mass is 32.1. The fourth-order valence-corrected chi connectivity index (χ4v) is 2.41. The van der Waals surface area contributed by atoms with Crippen molar-refractivity contribution in [3.63, 3.8) is 0 Å². The Labute approximate surface area is 139 Å². The highest BCUT2D eigenvalue weighted by molar-refractivity contribution is 7.80. The molecule has 23 heavy (non-hydrogen) atoms. The number of hydrogen-bond acceptors (Lipinski definition) is 5. The minimum Gasteiger partial charge on any atom is -0.497 e. The normalized spacial score (nSPS) is 10.3. The summed E-state index contributed by atoms with van der Waals surface area (Å²) in [6, 6.07) is 15.4. The van der Waals surface area contributed by atoms with Gasteiger partial charge in [0.05, 0.1) is 12.6 Å². The number of fused-ring (bicyclic) bond motifs is 1. The Morgan fingerprint density at radius 3 is 2.52 bits per heavy atom. The van der Waals surface area contributed by atoms with Crippen LogP contribution in [0.1, 0.15) is 11.4 Å². The molecule has 2 N–H and O–H groups in total. The lowest BCUT2D eigenvalue weighted by atomic mass is 10.2. The smallest absolute Gasteiger partial charge is 0.156 e. The van der Waals surface area contributed by atoms with E-state index < -0.39 is 0 Å². The lowest BCUT2D eigenvalue weighted by molar-refractivity contribution is 0.415. The summed E-state index contributed by atoms with van der Waals surface area (Å²) in [6.07, 6.45) is 0. The minimum absolute atomic E-state index is 0.577. The van der Waals surface area contributed by atoms with E-state index in [1.165, 1.54) is 0 Å². The molecule has 0 radical (unpaired) electrons. The summed E-state index contributed by atoms with van der Waals surface area (Å²) in [6.45, 7) is 1.86. The average molecular weight is 324 g/mol. The van der Waals surface area contributed by atoms with Gasteiger partial charge in [0.1, 0.15) is 16.6 Å². The number of nitrogens with zero attached hydrogens (tertiary/aromatic N) is 2. The van der Waals surface area contributed by atoms with Crippen molar-refractivity contribution in [3.8, 4) is 5.75 Å². The van der Waals surface area contributed by atoms with Gasteiger partial charge >= 0.3 is 0 Å². The molecule has 0 aliphatic heterocycles. The standard InChI is InChI=1S/C17H16N4OS/c1-11-18-15-6-4-3-5-14(15)16(19-11)20-21-17(23)12-7-9-13(22-2)10-8-12/h3-10H,1-2H3,(H,21,23)(H,18,19,20). The molecule has 6 heteroatoms. The molecule has 3 rings (SSSR count). The molecule has 0 amide bonds. The van der Waals surface area contributed by atoms with Crippen LogP contribution in [0.25, 0.3) is 10.9 Å². The monoisotopic (exact) mass is 324 g/mol. The highest BCUT2D eigenvalue weighted by Crippen LogP contribution is 2.19. The number of rotatable bonds is 4. The third-order valence-electron chi connectivity index (χ3n) is 3.36. The van der Waals surface area contributed by atoms with Crippen LogP contribution in [0, 0.1) is 6.92 Å². The zero-order valence-electron chi connectivity index (χ0n) is 12.8. The van der Waals surface area contributed by atoms with Crippen LogP contribution >= 0.6 is 12.2 Å². The highest BCUT2D eigenvalue weighted by Gasteiger charge is 2.06. The molecule has 0 fully saturated rings. The summed E-state index contributed by atoms with van der Waals surface area (Å²) in [7, 11) is 1.63. The first-order chi connectivity index (χ1) is 11.2. The predicted octanol–water partition coefficient (Wildman–Crippen LogP) is 3.24. The van der Waals surface area contributed by atoms with E-state index in [1.54, 1.807) is 7.11 Å². The number of nitrogens with one attached hydrogen (secondary N) is 2. The van der Waals surface area contributed by atoms with Gasteiger partial charge in [-0.15, -0.1) is 0 Å². The van der Waals surface area contributed by atoms with E-state index in [0.717, 1.165) is 22.2 Å². The van der Waals surface area contributed by atoms with Gasteiger partial charge in [-0.2, -0.15) is 0 Å². The molecule has 0 saturated heterocycles. The molecule has 5 nitrogen and oxygen atoms in total. The summed E-state index contributed by atoms with van der Waals surface area (Å²) < 4.78 is 5.14.